The average Bonchev–Trinajstić information content (AvgIpc) is 2.56. The molecular formula is C10H14N4O. The van der Waals surface area contributed by atoms with Crippen molar-refractivity contribution in [2.75, 3.05) is 18.9 Å². The highest BCUT2D eigenvalue weighted by atomic mass is 16.5. The normalized spacial score (nSPS) is 11.0. The van der Waals surface area contributed by atoms with Gasteiger partial charge in [0, 0.05) is 19.3 Å². The van der Waals surface area contributed by atoms with Gasteiger partial charge in [-0.05, 0) is 13.0 Å². The summed E-state index contributed by atoms with van der Waals surface area (Å²) in [6.07, 6.45) is 3.45. The van der Waals surface area contributed by atoms with Gasteiger partial charge in [-0.25, -0.2) is 4.98 Å². The number of hydrogen-bond donors (Lipinski definition) is 1. The Labute approximate surface area is 87.9 Å². The number of nitrogens with zero attached hydrogens (tertiary/aromatic N) is 3. The van der Waals surface area contributed by atoms with Gasteiger partial charge in [0.2, 0.25) is 5.95 Å². The molecule has 0 spiro atoms. The molecule has 2 N–H and O–H groups in total. The summed E-state index contributed by atoms with van der Waals surface area (Å²) in [7, 11) is 0. The van der Waals surface area contributed by atoms with Crippen molar-refractivity contribution in [3.63, 3.8) is 0 Å². The van der Waals surface area contributed by atoms with Gasteiger partial charge in [0.05, 0.1) is 18.3 Å². The second-order valence-electron chi connectivity index (χ2n) is 3.18. The van der Waals surface area contributed by atoms with Gasteiger partial charge in [0.25, 0.3) is 0 Å². The lowest BCUT2D eigenvalue weighted by atomic mass is 10.4. The monoisotopic (exact) mass is 206 g/mol. The van der Waals surface area contributed by atoms with Crippen LogP contribution in [0.4, 0.5) is 5.95 Å². The van der Waals surface area contributed by atoms with Crippen LogP contribution >= 0.6 is 0 Å². The first-order valence-corrected chi connectivity index (χ1v) is 4.96. The lowest BCUT2D eigenvalue weighted by Gasteiger charge is -2.05. The standard InChI is InChI=1S/C10H14N4O/c1-2-15-6-5-14-9-3-4-12-7-8(9)13-10(14)11/h3-4,7H,2,5-6H2,1H3,(H2,11,13). The summed E-state index contributed by atoms with van der Waals surface area (Å²) < 4.78 is 7.23. The molecule has 0 saturated heterocycles. The summed E-state index contributed by atoms with van der Waals surface area (Å²) in [5.41, 5.74) is 7.63. The molecule has 0 aliphatic heterocycles. The lowest BCUT2D eigenvalue weighted by molar-refractivity contribution is 0.140. The molecule has 5 heteroatoms. The van der Waals surface area contributed by atoms with Crippen LogP contribution in [-0.2, 0) is 11.3 Å². The topological polar surface area (TPSA) is 66.0 Å². The van der Waals surface area contributed by atoms with Gasteiger partial charge in [0.15, 0.2) is 0 Å². The predicted octanol–water partition coefficient (Wildman–Crippen LogP) is 1.05. The van der Waals surface area contributed by atoms with E-state index in [2.05, 4.69) is 9.97 Å². The van der Waals surface area contributed by atoms with Crippen LogP contribution in [0.2, 0.25) is 0 Å². The van der Waals surface area contributed by atoms with Crippen LogP contribution in [0.5, 0.6) is 0 Å². The van der Waals surface area contributed by atoms with Gasteiger partial charge < -0.3 is 15.0 Å². The van der Waals surface area contributed by atoms with E-state index in [1.54, 1.807) is 12.4 Å². The number of pyridine rings is 1. The number of hydrogen-bond acceptors (Lipinski definition) is 4. The minimum Gasteiger partial charge on any atom is -0.380 e. The molecule has 0 saturated carbocycles. The maximum atomic E-state index is 5.80. The Morgan fingerprint density at radius 3 is 3.20 bits per heavy atom. The zero-order valence-electron chi connectivity index (χ0n) is 8.68. The summed E-state index contributed by atoms with van der Waals surface area (Å²) in [5, 5.41) is 0. The Morgan fingerprint density at radius 1 is 1.53 bits per heavy atom. The van der Waals surface area contributed by atoms with E-state index in [4.69, 9.17) is 10.5 Å². The molecule has 2 aromatic rings. The molecular weight excluding hydrogens is 192 g/mol. The van der Waals surface area contributed by atoms with Gasteiger partial charge in [0.1, 0.15) is 5.52 Å². The van der Waals surface area contributed by atoms with Crippen molar-refractivity contribution < 1.29 is 4.74 Å². The fourth-order valence-corrected chi connectivity index (χ4v) is 1.54. The van der Waals surface area contributed by atoms with E-state index >= 15 is 0 Å². The largest absolute Gasteiger partial charge is 0.380 e. The molecule has 0 radical (unpaired) electrons. The molecule has 2 heterocycles. The van der Waals surface area contributed by atoms with E-state index in [0.29, 0.717) is 19.2 Å². The van der Waals surface area contributed by atoms with Crippen LogP contribution in [-0.4, -0.2) is 27.7 Å². The van der Waals surface area contributed by atoms with E-state index in [0.717, 1.165) is 17.6 Å². The molecule has 0 bridgehead atoms. The van der Waals surface area contributed by atoms with Gasteiger partial charge in [-0.15, -0.1) is 0 Å². The van der Waals surface area contributed by atoms with E-state index in [1.165, 1.54) is 0 Å². The molecule has 0 fully saturated rings. The molecule has 0 unspecified atom stereocenters. The number of nitrogens with two attached hydrogens (primary N) is 1. The first-order chi connectivity index (χ1) is 7.33. The van der Waals surface area contributed by atoms with Crippen LogP contribution in [0, 0.1) is 0 Å². The van der Waals surface area contributed by atoms with Crippen LogP contribution in [0.15, 0.2) is 18.5 Å². The van der Waals surface area contributed by atoms with Crippen molar-refractivity contribution >= 4 is 17.0 Å². The van der Waals surface area contributed by atoms with E-state index < -0.39 is 0 Å². The lowest BCUT2D eigenvalue weighted by Crippen LogP contribution is -2.08. The van der Waals surface area contributed by atoms with Crippen molar-refractivity contribution in [1.29, 1.82) is 0 Å². The summed E-state index contributed by atoms with van der Waals surface area (Å²) in [6.45, 7) is 4.06. The molecule has 80 valence electrons. The minimum atomic E-state index is 0.512. The molecule has 2 aromatic heterocycles. The second kappa shape index (κ2) is 4.27. The third kappa shape index (κ3) is 1.92. The third-order valence-electron chi connectivity index (χ3n) is 2.24. The first-order valence-electron chi connectivity index (χ1n) is 4.96. The smallest absolute Gasteiger partial charge is 0.201 e. The predicted molar refractivity (Wildman–Crippen MR) is 58.4 cm³/mol. The molecule has 0 amide bonds. The van der Waals surface area contributed by atoms with Crippen LogP contribution < -0.4 is 5.73 Å². The fraction of sp³-hybridized carbons (Fsp3) is 0.400. The number of ether oxygens (including phenoxy) is 1. The van der Waals surface area contributed by atoms with Gasteiger partial charge in [-0.3, -0.25) is 4.98 Å². The SMILES string of the molecule is CCOCCn1c(N)nc2cnccc21. The summed E-state index contributed by atoms with van der Waals surface area (Å²) in [5.74, 6) is 0.512. The highest BCUT2D eigenvalue weighted by Crippen LogP contribution is 2.15. The number of aromatic nitrogens is 3. The van der Waals surface area contributed by atoms with Crippen LogP contribution in [0.25, 0.3) is 11.0 Å². The Balaban J connectivity index is 2.28. The Morgan fingerprint density at radius 2 is 2.40 bits per heavy atom. The molecule has 15 heavy (non-hydrogen) atoms. The Hall–Kier alpha value is -1.62. The maximum Gasteiger partial charge on any atom is 0.201 e. The van der Waals surface area contributed by atoms with Gasteiger partial charge in [-0.2, -0.15) is 0 Å². The van der Waals surface area contributed by atoms with Gasteiger partial charge >= 0.3 is 0 Å². The highest BCUT2D eigenvalue weighted by molar-refractivity contribution is 5.76. The second-order valence-corrected chi connectivity index (χ2v) is 3.18. The van der Waals surface area contributed by atoms with Crippen molar-refractivity contribution in [2.45, 2.75) is 13.5 Å². The van der Waals surface area contributed by atoms with Crippen molar-refractivity contribution in [2.24, 2.45) is 0 Å². The third-order valence-corrected chi connectivity index (χ3v) is 2.24. The van der Waals surface area contributed by atoms with Crippen LogP contribution in [0.1, 0.15) is 6.92 Å². The fourth-order valence-electron chi connectivity index (χ4n) is 1.54. The molecule has 0 atom stereocenters. The molecule has 5 nitrogen and oxygen atoms in total. The van der Waals surface area contributed by atoms with Gasteiger partial charge in [-0.1, -0.05) is 0 Å². The molecule has 2 rings (SSSR count). The minimum absolute atomic E-state index is 0.512. The zero-order valence-corrected chi connectivity index (χ0v) is 8.68. The summed E-state index contributed by atoms with van der Waals surface area (Å²) >= 11 is 0. The highest BCUT2D eigenvalue weighted by Gasteiger charge is 2.06. The summed E-state index contributed by atoms with van der Waals surface area (Å²) in [6, 6.07) is 1.91. The Kier molecular flexibility index (Phi) is 2.82. The van der Waals surface area contributed by atoms with E-state index in [9.17, 15) is 0 Å². The number of anilines is 1. The zero-order chi connectivity index (χ0) is 10.7. The number of rotatable bonds is 4. The quantitative estimate of drug-likeness (QED) is 0.759. The van der Waals surface area contributed by atoms with E-state index in [1.807, 2.05) is 17.6 Å². The molecule has 0 aliphatic carbocycles. The average molecular weight is 206 g/mol. The maximum absolute atomic E-state index is 5.80. The van der Waals surface area contributed by atoms with E-state index in [-0.39, 0.29) is 0 Å². The van der Waals surface area contributed by atoms with Crippen molar-refractivity contribution in [1.82, 2.24) is 14.5 Å². The molecule has 0 aliphatic rings. The summed E-state index contributed by atoms with van der Waals surface area (Å²) in [4.78, 5) is 8.22. The van der Waals surface area contributed by atoms with Crippen LogP contribution in [0.3, 0.4) is 0 Å². The number of imidazole rings is 1. The van der Waals surface area contributed by atoms with Crippen molar-refractivity contribution in [3.05, 3.63) is 18.5 Å². The number of nitrogen functional groups attached to an aromatic ring is 1. The Bertz CT molecular complexity index is 452. The van der Waals surface area contributed by atoms with Crippen molar-refractivity contribution in [3.8, 4) is 0 Å². The molecule has 0 aromatic carbocycles. The number of fused-ring (bicyclic) bond motifs is 1. The first kappa shape index (κ1) is 9.92.